The normalized spacial score (nSPS) is 21.1. The number of benzene rings is 2. The highest BCUT2D eigenvalue weighted by molar-refractivity contribution is 7.89. The number of fused-ring (bicyclic) bond motifs is 2. The Morgan fingerprint density at radius 2 is 1.86 bits per heavy atom. The summed E-state index contributed by atoms with van der Waals surface area (Å²) in [6, 6.07) is 11.9. The van der Waals surface area contributed by atoms with Gasteiger partial charge in [0, 0.05) is 31.6 Å². The first-order valence-corrected chi connectivity index (χ1v) is 18.6. The molecule has 2 amide bonds. The number of rotatable bonds is 17. The fourth-order valence-corrected chi connectivity index (χ4v) is 8.38. The molecule has 15 heteroatoms. The Morgan fingerprint density at radius 1 is 1.10 bits per heavy atom. The summed E-state index contributed by atoms with van der Waals surface area (Å²) in [5.41, 5.74) is 0.0814. The highest BCUT2D eigenvalue weighted by Crippen LogP contribution is 2.38. The number of nitrogens with one attached hydrogen (secondary N) is 1. The molecule has 0 saturated carbocycles. The van der Waals surface area contributed by atoms with Crippen LogP contribution >= 0.6 is 0 Å². The van der Waals surface area contributed by atoms with Gasteiger partial charge in [0.15, 0.2) is 17.8 Å². The van der Waals surface area contributed by atoms with Crippen LogP contribution in [-0.4, -0.2) is 111 Å². The number of hydrogen-bond acceptors (Lipinski definition) is 10. The van der Waals surface area contributed by atoms with Crippen molar-refractivity contribution in [1.82, 2.24) is 14.5 Å². The number of aliphatic hydroxyl groups excluding tert-OH is 1. The van der Waals surface area contributed by atoms with Crippen molar-refractivity contribution in [2.24, 2.45) is 11.3 Å². The molecule has 5 rings (SSSR count). The number of carboxylic acid groups (broad SMARTS) is 1. The molecule has 0 bridgehead atoms. The molecular weight excluding hydrogens is 670 g/mol. The fourth-order valence-electron chi connectivity index (χ4n) is 6.72. The first kappa shape index (κ1) is 37.6. The molecule has 3 N–H and O–H groups in total. The molecule has 0 spiro atoms. The van der Waals surface area contributed by atoms with Crippen molar-refractivity contribution >= 4 is 22.2 Å². The standard InChI is InChI=1S/C35H49N3O11S/c1-4-5-16-46-33(40)36-15-14-35(2,3)22-37(50(43,44)25-11-12-30-31(19-25)49-23-48-30)20-29(39)27(18-24-9-7-6-8-10-24)38(34(41)42)28-21-47-32-26(28)13-17-45-32/h6-12,19,26-29,32,39H,4-5,13-18,20-23H2,1-3H3,(H,36,40)(H,41,42)/t26-,27-,28-,29+,32+/m0/s1. The Morgan fingerprint density at radius 3 is 2.60 bits per heavy atom. The summed E-state index contributed by atoms with van der Waals surface area (Å²) in [6.07, 6.45) is -0.999. The lowest BCUT2D eigenvalue weighted by Crippen LogP contribution is -2.58. The van der Waals surface area contributed by atoms with Gasteiger partial charge in [0.1, 0.15) is 0 Å². The van der Waals surface area contributed by atoms with Gasteiger partial charge < -0.3 is 39.2 Å². The minimum atomic E-state index is -4.28. The van der Waals surface area contributed by atoms with Gasteiger partial charge in [-0.3, -0.25) is 4.90 Å². The molecule has 3 heterocycles. The molecule has 2 fully saturated rings. The molecule has 2 aromatic carbocycles. The first-order valence-electron chi connectivity index (χ1n) is 17.2. The number of carbonyl (C=O) groups is 2. The topological polar surface area (TPSA) is 173 Å². The van der Waals surface area contributed by atoms with E-state index in [1.807, 2.05) is 51.1 Å². The third-order valence-corrected chi connectivity index (χ3v) is 11.3. The number of nitrogens with zero attached hydrogens (tertiary/aromatic N) is 2. The summed E-state index contributed by atoms with van der Waals surface area (Å²) in [5, 5.41) is 25.4. The highest BCUT2D eigenvalue weighted by Gasteiger charge is 2.49. The van der Waals surface area contributed by atoms with Crippen LogP contribution in [0.2, 0.25) is 0 Å². The summed E-state index contributed by atoms with van der Waals surface area (Å²) in [4.78, 5) is 26.4. The average molecular weight is 720 g/mol. The van der Waals surface area contributed by atoms with Crippen molar-refractivity contribution in [1.29, 1.82) is 0 Å². The number of aliphatic hydroxyl groups is 1. The van der Waals surface area contributed by atoms with Crippen molar-refractivity contribution in [2.45, 2.75) is 82.2 Å². The molecule has 2 aromatic rings. The van der Waals surface area contributed by atoms with Gasteiger partial charge in [-0.05, 0) is 48.8 Å². The fraction of sp³-hybridized carbons (Fsp3) is 0.600. The van der Waals surface area contributed by atoms with Crippen LogP contribution in [0.15, 0.2) is 53.4 Å². The smallest absolute Gasteiger partial charge is 0.407 e. The van der Waals surface area contributed by atoms with Crippen molar-refractivity contribution in [3.8, 4) is 11.5 Å². The van der Waals surface area contributed by atoms with Gasteiger partial charge in [-0.25, -0.2) is 18.0 Å². The van der Waals surface area contributed by atoms with Gasteiger partial charge in [0.05, 0.1) is 42.9 Å². The average Bonchev–Trinajstić information content (AvgIpc) is 3.83. The minimum Gasteiger partial charge on any atom is -0.465 e. The van der Waals surface area contributed by atoms with Crippen LogP contribution in [0.1, 0.15) is 52.0 Å². The van der Waals surface area contributed by atoms with Gasteiger partial charge in [0.2, 0.25) is 16.8 Å². The van der Waals surface area contributed by atoms with Crippen LogP contribution in [0.3, 0.4) is 0 Å². The molecule has 276 valence electrons. The van der Waals surface area contributed by atoms with Gasteiger partial charge in [0.25, 0.3) is 0 Å². The molecule has 0 unspecified atom stereocenters. The van der Waals surface area contributed by atoms with Crippen LogP contribution < -0.4 is 14.8 Å². The van der Waals surface area contributed by atoms with Crippen molar-refractivity contribution in [3.05, 3.63) is 54.1 Å². The van der Waals surface area contributed by atoms with E-state index >= 15 is 0 Å². The molecule has 5 atom stereocenters. The molecule has 0 aromatic heterocycles. The second kappa shape index (κ2) is 16.6. The number of carbonyl (C=O) groups excluding carboxylic acids is 1. The molecule has 50 heavy (non-hydrogen) atoms. The third kappa shape index (κ3) is 9.18. The number of unbranched alkanes of at least 4 members (excludes halogenated alkanes) is 1. The van der Waals surface area contributed by atoms with E-state index in [1.165, 1.54) is 27.4 Å². The summed E-state index contributed by atoms with van der Waals surface area (Å²) in [7, 11) is -4.28. The van der Waals surface area contributed by atoms with Crippen molar-refractivity contribution in [3.63, 3.8) is 0 Å². The quantitative estimate of drug-likeness (QED) is 0.201. The second-order valence-electron chi connectivity index (χ2n) is 13.7. The van der Waals surface area contributed by atoms with Gasteiger partial charge in [-0.15, -0.1) is 0 Å². The molecule has 0 aliphatic carbocycles. The van der Waals surface area contributed by atoms with E-state index in [1.54, 1.807) is 0 Å². The van der Waals surface area contributed by atoms with Crippen molar-refractivity contribution < 1.29 is 51.9 Å². The molecule has 14 nitrogen and oxygen atoms in total. The van der Waals surface area contributed by atoms with E-state index in [9.17, 15) is 28.2 Å². The van der Waals surface area contributed by atoms with Crippen LogP contribution in [-0.2, 0) is 30.7 Å². The number of ether oxygens (including phenoxy) is 5. The Balaban J connectivity index is 1.43. The predicted molar refractivity (Wildman–Crippen MR) is 181 cm³/mol. The van der Waals surface area contributed by atoms with E-state index in [4.69, 9.17) is 23.7 Å². The zero-order chi connectivity index (χ0) is 35.9. The molecule has 2 saturated heterocycles. The Hall–Kier alpha value is -3.63. The SMILES string of the molecule is CCCCOC(=O)NCCC(C)(C)CN(C[C@@H](O)[C@H](Cc1ccccc1)N(C(=O)O)[C@H]1CO[C@H]2OCC[C@H]21)S(=O)(=O)c1ccc2c(c1)OCO2. The molecule has 0 radical (unpaired) electrons. The highest BCUT2D eigenvalue weighted by atomic mass is 32.2. The Kier molecular flexibility index (Phi) is 12.5. The van der Waals surface area contributed by atoms with Crippen LogP contribution in [0.5, 0.6) is 11.5 Å². The first-order chi connectivity index (χ1) is 23.9. The number of sulfonamides is 1. The number of alkyl carbamates (subject to hydrolysis) is 1. The summed E-state index contributed by atoms with van der Waals surface area (Å²) in [6.45, 7) is 6.31. The van der Waals surface area contributed by atoms with E-state index in [0.29, 0.717) is 31.8 Å². The molecular formula is C35H49N3O11S. The van der Waals surface area contributed by atoms with Crippen LogP contribution in [0, 0.1) is 11.3 Å². The van der Waals surface area contributed by atoms with E-state index in [-0.39, 0.29) is 49.5 Å². The minimum absolute atomic E-state index is 0.0356. The Labute approximate surface area is 293 Å². The summed E-state index contributed by atoms with van der Waals surface area (Å²) < 4.78 is 57.5. The van der Waals surface area contributed by atoms with Gasteiger partial charge in [-0.2, -0.15) is 4.31 Å². The van der Waals surface area contributed by atoms with Crippen LogP contribution in [0.4, 0.5) is 9.59 Å². The maximum absolute atomic E-state index is 14.4. The largest absolute Gasteiger partial charge is 0.465 e. The zero-order valence-electron chi connectivity index (χ0n) is 28.9. The molecule has 3 aliphatic rings. The maximum atomic E-state index is 14.4. The third-order valence-electron chi connectivity index (χ3n) is 9.45. The predicted octanol–water partition coefficient (Wildman–Crippen LogP) is 4.06. The van der Waals surface area contributed by atoms with Gasteiger partial charge in [-0.1, -0.05) is 57.5 Å². The summed E-state index contributed by atoms with van der Waals surface area (Å²) in [5.74, 6) is 0.482. The molecule has 3 aliphatic heterocycles. The lowest BCUT2D eigenvalue weighted by Gasteiger charge is -2.40. The van der Waals surface area contributed by atoms with E-state index in [2.05, 4.69) is 5.32 Å². The maximum Gasteiger partial charge on any atom is 0.407 e. The van der Waals surface area contributed by atoms with Crippen molar-refractivity contribution in [2.75, 3.05) is 46.2 Å². The monoisotopic (exact) mass is 719 g/mol. The number of amides is 2. The second-order valence-corrected chi connectivity index (χ2v) is 15.7. The van der Waals surface area contributed by atoms with Crippen LogP contribution in [0.25, 0.3) is 0 Å². The summed E-state index contributed by atoms with van der Waals surface area (Å²) >= 11 is 0. The van der Waals surface area contributed by atoms with E-state index in [0.717, 1.165) is 18.4 Å². The lowest BCUT2D eigenvalue weighted by atomic mass is 9.89. The Bertz CT molecular complexity index is 1560. The lowest BCUT2D eigenvalue weighted by molar-refractivity contribution is -0.0906. The number of hydrogen-bond donors (Lipinski definition) is 3. The van der Waals surface area contributed by atoms with E-state index < -0.39 is 58.6 Å². The van der Waals surface area contributed by atoms with Gasteiger partial charge >= 0.3 is 12.2 Å². The zero-order valence-corrected chi connectivity index (χ0v) is 29.7.